The normalized spacial score (nSPS) is 10.1. The highest BCUT2D eigenvalue weighted by Gasteiger charge is 2.06. The van der Waals surface area contributed by atoms with Gasteiger partial charge in [0.25, 0.3) is 0 Å². The number of hydrogen-bond donors (Lipinski definition) is 0. The summed E-state index contributed by atoms with van der Waals surface area (Å²) < 4.78 is 11.2. The molecule has 0 aliphatic heterocycles. The molecule has 0 N–H and O–H groups in total. The fourth-order valence-corrected chi connectivity index (χ4v) is 1.86. The molecule has 0 aliphatic carbocycles. The summed E-state index contributed by atoms with van der Waals surface area (Å²) in [6.45, 7) is 5.23. The molecule has 0 fully saturated rings. The zero-order valence-electron chi connectivity index (χ0n) is 10.8. The maximum absolute atomic E-state index is 5.63. The highest BCUT2D eigenvalue weighted by molar-refractivity contribution is 5.67. The third-order valence-corrected chi connectivity index (χ3v) is 2.65. The highest BCUT2D eigenvalue weighted by Crippen LogP contribution is 2.32. The predicted octanol–water partition coefficient (Wildman–Crippen LogP) is 4.15. The van der Waals surface area contributed by atoms with Gasteiger partial charge in [-0.1, -0.05) is 36.4 Å². The maximum atomic E-state index is 5.63. The summed E-state index contributed by atoms with van der Waals surface area (Å²) in [5.41, 5.74) is 2.32. The molecule has 0 spiro atoms. The van der Waals surface area contributed by atoms with Gasteiger partial charge in [-0.2, -0.15) is 0 Å². The molecule has 94 valence electrons. The van der Waals surface area contributed by atoms with Crippen molar-refractivity contribution in [1.29, 1.82) is 0 Å². The molecule has 2 nitrogen and oxygen atoms in total. The quantitative estimate of drug-likeness (QED) is 0.784. The second-order valence-electron chi connectivity index (χ2n) is 3.89. The van der Waals surface area contributed by atoms with E-state index < -0.39 is 0 Å². The van der Waals surface area contributed by atoms with Gasteiger partial charge in [0.15, 0.2) is 11.5 Å². The third kappa shape index (κ3) is 2.83. The number of hydrogen-bond acceptors (Lipinski definition) is 2. The van der Waals surface area contributed by atoms with Crippen LogP contribution in [0, 0.1) is 0 Å². The van der Waals surface area contributed by atoms with E-state index >= 15 is 0 Å². The number of ether oxygens (including phenoxy) is 2. The minimum absolute atomic E-state index is 0.637. The van der Waals surface area contributed by atoms with Gasteiger partial charge in [0.05, 0.1) is 13.2 Å². The molecule has 0 atom stereocenters. The van der Waals surface area contributed by atoms with E-state index in [1.54, 1.807) is 0 Å². The van der Waals surface area contributed by atoms with Gasteiger partial charge < -0.3 is 9.47 Å². The van der Waals surface area contributed by atoms with Crippen LogP contribution in [0.3, 0.4) is 0 Å². The minimum atomic E-state index is 0.637. The third-order valence-electron chi connectivity index (χ3n) is 2.65. The lowest BCUT2D eigenvalue weighted by Gasteiger charge is -2.12. The first-order chi connectivity index (χ1) is 8.85. The molecule has 0 aliphatic rings. The summed E-state index contributed by atoms with van der Waals surface area (Å²) in [4.78, 5) is 0. The standard InChI is InChI=1S/C16H18O2/c1-3-17-15-11-10-14(12-16(15)18-4-2)13-8-6-5-7-9-13/h5-12H,3-4H2,1-2H3. The van der Waals surface area contributed by atoms with Crippen molar-refractivity contribution in [2.45, 2.75) is 13.8 Å². The number of rotatable bonds is 5. The zero-order chi connectivity index (χ0) is 12.8. The molecule has 0 aromatic heterocycles. The van der Waals surface area contributed by atoms with Crippen LogP contribution in [0.4, 0.5) is 0 Å². The lowest BCUT2D eigenvalue weighted by Crippen LogP contribution is -1.98. The Morgan fingerprint density at radius 2 is 1.39 bits per heavy atom. The molecule has 18 heavy (non-hydrogen) atoms. The van der Waals surface area contributed by atoms with E-state index in [0.29, 0.717) is 13.2 Å². The van der Waals surface area contributed by atoms with Crippen LogP contribution in [0.15, 0.2) is 48.5 Å². The van der Waals surface area contributed by atoms with Crippen molar-refractivity contribution < 1.29 is 9.47 Å². The van der Waals surface area contributed by atoms with Crippen LogP contribution in [0.5, 0.6) is 11.5 Å². The van der Waals surface area contributed by atoms with Crippen LogP contribution < -0.4 is 9.47 Å². The van der Waals surface area contributed by atoms with Gasteiger partial charge in [0.1, 0.15) is 0 Å². The lowest BCUT2D eigenvalue weighted by atomic mass is 10.1. The highest BCUT2D eigenvalue weighted by atomic mass is 16.5. The summed E-state index contributed by atoms with van der Waals surface area (Å²) in [5, 5.41) is 0. The van der Waals surface area contributed by atoms with Gasteiger partial charge in [-0.15, -0.1) is 0 Å². The van der Waals surface area contributed by atoms with Crippen molar-refractivity contribution >= 4 is 0 Å². The molecule has 0 saturated heterocycles. The monoisotopic (exact) mass is 242 g/mol. The molecule has 0 radical (unpaired) electrons. The molecule has 2 aromatic rings. The molecule has 0 saturated carbocycles. The summed E-state index contributed by atoms with van der Waals surface area (Å²) in [6.07, 6.45) is 0. The van der Waals surface area contributed by atoms with Gasteiger partial charge in [-0.05, 0) is 37.1 Å². The van der Waals surface area contributed by atoms with Crippen LogP contribution in [0.25, 0.3) is 11.1 Å². The van der Waals surface area contributed by atoms with Crippen molar-refractivity contribution in [3.63, 3.8) is 0 Å². The largest absolute Gasteiger partial charge is 0.490 e. The molecular formula is C16H18O2. The Hall–Kier alpha value is -1.96. The van der Waals surface area contributed by atoms with Crippen LogP contribution >= 0.6 is 0 Å². The van der Waals surface area contributed by atoms with E-state index in [1.165, 1.54) is 5.56 Å². The smallest absolute Gasteiger partial charge is 0.161 e. The molecule has 2 aromatic carbocycles. The summed E-state index contributed by atoms with van der Waals surface area (Å²) in [5.74, 6) is 1.61. The fraction of sp³-hybridized carbons (Fsp3) is 0.250. The van der Waals surface area contributed by atoms with Gasteiger partial charge in [-0.25, -0.2) is 0 Å². The minimum Gasteiger partial charge on any atom is -0.490 e. The molecule has 0 amide bonds. The molecule has 0 bridgehead atoms. The average molecular weight is 242 g/mol. The van der Waals surface area contributed by atoms with Crippen molar-refractivity contribution in [3.05, 3.63) is 48.5 Å². The van der Waals surface area contributed by atoms with Gasteiger partial charge in [0.2, 0.25) is 0 Å². The number of benzene rings is 2. The molecular weight excluding hydrogens is 224 g/mol. The van der Waals surface area contributed by atoms with Gasteiger partial charge in [0, 0.05) is 0 Å². The van der Waals surface area contributed by atoms with E-state index in [9.17, 15) is 0 Å². The van der Waals surface area contributed by atoms with Crippen LogP contribution in [-0.2, 0) is 0 Å². The van der Waals surface area contributed by atoms with Crippen molar-refractivity contribution in [2.75, 3.05) is 13.2 Å². The van der Waals surface area contributed by atoms with E-state index in [-0.39, 0.29) is 0 Å². The van der Waals surface area contributed by atoms with E-state index in [1.807, 2.05) is 44.2 Å². The second-order valence-corrected chi connectivity index (χ2v) is 3.89. The van der Waals surface area contributed by atoms with E-state index in [4.69, 9.17) is 9.47 Å². The first-order valence-corrected chi connectivity index (χ1v) is 6.30. The van der Waals surface area contributed by atoms with Crippen LogP contribution in [0.1, 0.15) is 13.8 Å². The molecule has 0 unspecified atom stereocenters. The summed E-state index contributed by atoms with van der Waals surface area (Å²) in [7, 11) is 0. The molecule has 2 rings (SSSR count). The van der Waals surface area contributed by atoms with Crippen molar-refractivity contribution in [1.82, 2.24) is 0 Å². The predicted molar refractivity (Wildman–Crippen MR) is 74.2 cm³/mol. The van der Waals surface area contributed by atoms with Crippen LogP contribution in [0.2, 0.25) is 0 Å². The lowest BCUT2D eigenvalue weighted by molar-refractivity contribution is 0.288. The first-order valence-electron chi connectivity index (χ1n) is 6.30. The second kappa shape index (κ2) is 6.10. The maximum Gasteiger partial charge on any atom is 0.161 e. The Morgan fingerprint density at radius 3 is 2.06 bits per heavy atom. The Labute approximate surface area is 108 Å². The summed E-state index contributed by atoms with van der Waals surface area (Å²) >= 11 is 0. The SMILES string of the molecule is CCOc1ccc(-c2ccccc2)cc1OCC. The Bertz CT molecular complexity index is 492. The van der Waals surface area contributed by atoms with E-state index in [2.05, 4.69) is 18.2 Å². The van der Waals surface area contributed by atoms with Crippen molar-refractivity contribution in [3.8, 4) is 22.6 Å². The Morgan fingerprint density at radius 1 is 0.722 bits per heavy atom. The first kappa shape index (κ1) is 12.5. The van der Waals surface area contributed by atoms with Crippen LogP contribution in [-0.4, -0.2) is 13.2 Å². The molecule has 2 heteroatoms. The average Bonchev–Trinajstić information content (AvgIpc) is 2.42. The Balaban J connectivity index is 2.36. The Kier molecular flexibility index (Phi) is 4.24. The fourth-order valence-electron chi connectivity index (χ4n) is 1.86. The molecule has 0 heterocycles. The topological polar surface area (TPSA) is 18.5 Å². The zero-order valence-corrected chi connectivity index (χ0v) is 10.8. The van der Waals surface area contributed by atoms with E-state index in [0.717, 1.165) is 17.1 Å². The van der Waals surface area contributed by atoms with Crippen molar-refractivity contribution in [2.24, 2.45) is 0 Å². The van der Waals surface area contributed by atoms with Gasteiger partial charge in [-0.3, -0.25) is 0 Å². The summed E-state index contributed by atoms with van der Waals surface area (Å²) in [6, 6.07) is 16.3. The van der Waals surface area contributed by atoms with Gasteiger partial charge >= 0.3 is 0 Å².